The second kappa shape index (κ2) is 9.40. The molecule has 2 heterocycles. The highest BCUT2D eigenvalue weighted by molar-refractivity contribution is 7.89. The summed E-state index contributed by atoms with van der Waals surface area (Å²) < 4.78 is 29.8. The number of amides is 1. The third-order valence-corrected chi connectivity index (χ3v) is 7.86. The van der Waals surface area contributed by atoms with Gasteiger partial charge in [0, 0.05) is 50.6 Å². The number of carbonyl (C=O) groups is 1. The Morgan fingerprint density at radius 3 is 2.45 bits per heavy atom. The second-order valence-corrected chi connectivity index (χ2v) is 9.95. The van der Waals surface area contributed by atoms with Crippen LogP contribution in [0.25, 0.3) is 0 Å². The normalized spacial score (nSPS) is 16.4. The number of sulfonamides is 1. The fourth-order valence-electron chi connectivity index (χ4n) is 3.69. The van der Waals surface area contributed by atoms with Gasteiger partial charge in [-0.05, 0) is 51.3 Å². The molecule has 0 saturated carbocycles. The van der Waals surface area contributed by atoms with Crippen LogP contribution < -0.4 is 10.2 Å². The van der Waals surface area contributed by atoms with Crippen molar-refractivity contribution in [3.63, 3.8) is 0 Å². The van der Waals surface area contributed by atoms with Crippen molar-refractivity contribution in [2.75, 3.05) is 31.1 Å². The smallest absolute Gasteiger partial charge is 0.263 e. The molecule has 9 heteroatoms. The largest absolute Gasteiger partial charge is 0.369 e. The van der Waals surface area contributed by atoms with Crippen LogP contribution in [0.4, 0.5) is 5.69 Å². The van der Waals surface area contributed by atoms with E-state index in [1.165, 1.54) is 26.3 Å². The zero-order chi connectivity index (χ0) is 22.8. The molecule has 0 spiro atoms. The average molecular weight is 448 g/mol. The van der Waals surface area contributed by atoms with Crippen molar-refractivity contribution in [2.24, 2.45) is 0 Å². The molecular formula is C22H33N5O3S. The predicted molar refractivity (Wildman–Crippen MR) is 122 cm³/mol. The maximum Gasteiger partial charge on any atom is 0.263 e. The summed E-state index contributed by atoms with van der Waals surface area (Å²) >= 11 is 0. The first-order chi connectivity index (χ1) is 14.7. The maximum atomic E-state index is 13.4. The number of nitrogens with one attached hydrogen (secondary N) is 1. The summed E-state index contributed by atoms with van der Waals surface area (Å²) in [7, 11) is -3.88. The number of hydrogen-bond acceptors (Lipinski definition) is 5. The molecule has 3 rings (SSSR count). The van der Waals surface area contributed by atoms with Crippen LogP contribution in [-0.4, -0.2) is 60.6 Å². The van der Waals surface area contributed by atoms with E-state index >= 15 is 0 Å². The lowest BCUT2D eigenvalue weighted by atomic mass is 10.1. The van der Waals surface area contributed by atoms with Crippen LogP contribution >= 0.6 is 0 Å². The van der Waals surface area contributed by atoms with E-state index in [0.29, 0.717) is 32.7 Å². The van der Waals surface area contributed by atoms with E-state index in [2.05, 4.69) is 41.3 Å². The Morgan fingerprint density at radius 2 is 1.84 bits per heavy atom. The monoisotopic (exact) mass is 447 g/mol. The summed E-state index contributed by atoms with van der Waals surface area (Å²) in [5.41, 5.74) is 3.68. The van der Waals surface area contributed by atoms with Crippen LogP contribution in [0.1, 0.15) is 48.7 Å². The van der Waals surface area contributed by atoms with E-state index < -0.39 is 15.9 Å². The fourth-order valence-corrected chi connectivity index (χ4v) is 5.21. The minimum Gasteiger partial charge on any atom is -0.369 e. The van der Waals surface area contributed by atoms with Crippen LogP contribution in [0, 0.1) is 13.8 Å². The van der Waals surface area contributed by atoms with Gasteiger partial charge >= 0.3 is 0 Å². The molecule has 1 aliphatic heterocycles. The van der Waals surface area contributed by atoms with Gasteiger partial charge < -0.3 is 10.2 Å². The first-order valence-corrected chi connectivity index (χ1v) is 12.3. The van der Waals surface area contributed by atoms with Gasteiger partial charge in [0.1, 0.15) is 0 Å². The molecule has 0 radical (unpaired) electrons. The summed E-state index contributed by atoms with van der Waals surface area (Å²) in [6.07, 6.45) is 2.28. The predicted octanol–water partition coefficient (Wildman–Crippen LogP) is 2.56. The molecule has 1 fully saturated rings. The second-order valence-electron chi connectivity index (χ2n) is 8.10. The van der Waals surface area contributed by atoms with Gasteiger partial charge in [-0.25, -0.2) is 8.42 Å². The molecule has 2 aromatic rings. The number of anilines is 1. The molecule has 1 N–H and O–H groups in total. The third-order valence-electron chi connectivity index (χ3n) is 6.03. The molecule has 1 atom stereocenters. The molecule has 1 aliphatic rings. The molecule has 1 unspecified atom stereocenters. The number of aromatic nitrogens is 2. The minimum absolute atomic E-state index is 0.0471. The van der Waals surface area contributed by atoms with Crippen LogP contribution in [-0.2, 0) is 16.6 Å². The van der Waals surface area contributed by atoms with Gasteiger partial charge in [0.2, 0.25) is 5.03 Å². The highest BCUT2D eigenvalue weighted by atomic mass is 32.2. The Bertz CT molecular complexity index is 1040. The van der Waals surface area contributed by atoms with Crippen molar-refractivity contribution in [3.05, 3.63) is 41.1 Å². The summed E-state index contributed by atoms with van der Waals surface area (Å²) in [6.45, 7) is 12.3. The maximum absolute atomic E-state index is 13.4. The van der Waals surface area contributed by atoms with Crippen LogP contribution in [0.2, 0.25) is 0 Å². The molecule has 0 aliphatic carbocycles. The first-order valence-electron chi connectivity index (χ1n) is 10.9. The van der Waals surface area contributed by atoms with E-state index in [-0.39, 0.29) is 16.6 Å². The van der Waals surface area contributed by atoms with E-state index in [1.54, 1.807) is 0 Å². The summed E-state index contributed by atoms with van der Waals surface area (Å²) in [5, 5.41) is 6.94. The molecule has 31 heavy (non-hydrogen) atoms. The number of aryl methyl sites for hydroxylation is 2. The number of nitrogens with zero attached hydrogens (tertiary/aromatic N) is 4. The zero-order valence-electron chi connectivity index (χ0n) is 19.1. The lowest BCUT2D eigenvalue weighted by Gasteiger charge is -2.36. The van der Waals surface area contributed by atoms with E-state index in [0.717, 1.165) is 12.1 Å². The summed E-state index contributed by atoms with van der Waals surface area (Å²) in [5.74, 6) is -0.401. The molecule has 1 saturated heterocycles. The summed E-state index contributed by atoms with van der Waals surface area (Å²) in [4.78, 5) is 15.0. The number of hydrogen-bond donors (Lipinski definition) is 1. The molecule has 0 bridgehead atoms. The number of piperazine rings is 1. The topological polar surface area (TPSA) is 87.5 Å². The Morgan fingerprint density at radius 1 is 1.16 bits per heavy atom. The standard InChI is InChI=1S/C22H33N5O3S/c1-6-17(4)23-21(28)19-15-26(7-2)24-22(19)31(29,30)27-13-11-25(12-14-27)20-10-8-9-16(3)18(20)5/h8-10,15,17H,6-7,11-14H2,1-5H3,(H,23,28). The van der Waals surface area contributed by atoms with E-state index in [4.69, 9.17) is 0 Å². The number of rotatable bonds is 7. The van der Waals surface area contributed by atoms with Crippen LogP contribution in [0.15, 0.2) is 29.4 Å². The Labute approximate surface area is 185 Å². The van der Waals surface area contributed by atoms with Gasteiger partial charge in [-0.1, -0.05) is 19.1 Å². The fraction of sp³-hybridized carbons (Fsp3) is 0.545. The lowest BCUT2D eigenvalue weighted by molar-refractivity contribution is 0.0935. The average Bonchev–Trinajstić information content (AvgIpc) is 3.21. The van der Waals surface area contributed by atoms with Gasteiger partial charge in [-0.15, -0.1) is 0 Å². The van der Waals surface area contributed by atoms with Gasteiger partial charge in [-0.2, -0.15) is 9.40 Å². The van der Waals surface area contributed by atoms with Gasteiger partial charge in [0.25, 0.3) is 15.9 Å². The van der Waals surface area contributed by atoms with Crippen molar-refractivity contribution in [2.45, 2.75) is 58.7 Å². The van der Waals surface area contributed by atoms with Crippen molar-refractivity contribution in [3.8, 4) is 0 Å². The Kier molecular flexibility index (Phi) is 7.06. The highest BCUT2D eigenvalue weighted by Gasteiger charge is 2.35. The molecule has 8 nitrogen and oxygen atoms in total. The van der Waals surface area contributed by atoms with Gasteiger partial charge in [0.05, 0.1) is 5.56 Å². The van der Waals surface area contributed by atoms with Crippen LogP contribution in [0.5, 0.6) is 0 Å². The minimum atomic E-state index is -3.88. The van der Waals surface area contributed by atoms with E-state index in [1.807, 2.05) is 26.8 Å². The van der Waals surface area contributed by atoms with Crippen LogP contribution in [0.3, 0.4) is 0 Å². The number of carbonyl (C=O) groups excluding carboxylic acids is 1. The summed E-state index contributed by atoms with van der Waals surface area (Å²) in [6, 6.07) is 6.14. The Hall–Kier alpha value is -2.39. The first kappa shape index (κ1) is 23.3. The highest BCUT2D eigenvalue weighted by Crippen LogP contribution is 2.26. The molecule has 1 amide bonds. The Balaban J connectivity index is 1.82. The van der Waals surface area contributed by atoms with Crippen molar-refractivity contribution < 1.29 is 13.2 Å². The quantitative estimate of drug-likeness (QED) is 0.705. The van der Waals surface area contributed by atoms with Gasteiger partial charge in [-0.3, -0.25) is 9.48 Å². The van der Waals surface area contributed by atoms with Crippen molar-refractivity contribution >= 4 is 21.6 Å². The lowest BCUT2D eigenvalue weighted by Crippen LogP contribution is -2.49. The zero-order valence-corrected chi connectivity index (χ0v) is 19.9. The molecule has 1 aromatic heterocycles. The number of benzene rings is 1. The van der Waals surface area contributed by atoms with E-state index in [9.17, 15) is 13.2 Å². The molecular weight excluding hydrogens is 414 g/mol. The van der Waals surface area contributed by atoms with Gasteiger partial charge in [0.15, 0.2) is 0 Å². The third kappa shape index (κ3) is 4.77. The van der Waals surface area contributed by atoms with Crippen molar-refractivity contribution in [1.82, 2.24) is 19.4 Å². The molecule has 170 valence electrons. The van der Waals surface area contributed by atoms with Crippen molar-refractivity contribution in [1.29, 1.82) is 0 Å². The SMILES string of the molecule is CCC(C)NC(=O)c1cn(CC)nc1S(=O)(=O)N1CCN(c2cccc(C)c2C)CC1. The molecule has 1 aromatic carbocycles.